The SMILES string of the molecule is C1=CN2C3=Cc4ccccc4CC3=c3ccccc3=C2O1. The molecular weight excluding hydrogens is 258 g/mol. The van der Waals surface area contributed by atoms with Crippen LogP contribution in [-0.2, 0) is 11.2 Å². The third-order valence-electron chi connectivity index (χ3n) is 4.37. The minimum atomic E-state index is 0.917. The largest absolute Gasteiger partial charge is 0.446 e. The molecule has 0 aromatic heterocycles. The highest BCUT2D eigenvalue weighted by atomic mass is 16.5. The molecule has 100 valence electrons. The van der Waals surface area contributed by atoms with Crippen molar-refractivity contribution in [1.29, 1.82) is 0 Å². The number of hydrogen-bond acceptors (Lipinski definition) is 2. The van der Waals surface area contributed by atoms with Gasteiger partial charge in [-0.2, -0.15) is 0 Å². The zero-order valence-corrected chi connectivity index (χ0v) is 11.4. The number of rotatable bonds is 0. The summed E-state index contributed by atoms with van der Waals surface area (Å²) < 4.78 is 5.73. The molecule has 0 amide bonds. The average Bonchev–Trinajstić information content (AvgIpc) is 3.03. The number of fused-ring (bicyclic) bond motifs is 5. The monoisotopic (exact) mass is 271 g/mol. The van der Waals surface area contributed by atoms with Crippen LogP contribution in [0.3, 0.4) is 0 Å². The Morgan fingerprint density at radius 1 is 0.905 bits per heavy atom. The molecule has 2 aliphatic heterocycles. The molecule has 0 saturated heterocycles. The molecule has 3 aliphatic rings. The van der Waals surface area contributed by atoms with Crippen LogP contribution in [0.2, 0.25) is 0 Å². The lowest BCUT2D eigenvalue weighted by Gasteiger charge is -2.30. The molecule has 5 rings (SSSR count). The lowest BCUT2D eigenvalue weighted by Crippen LogP contribution is -2.40. The maximum atomic E-state index is 5.73. The molecular formula is C19H13NO. The zero-order chi connectivity index (χ0) is 13.8. The molecule has 0 spiro atoms. The minimum absolute atomic E-state index is 0.917. The van der Waals surface area contributed by atoms with E-state index in [-0.39, 0.29) is 0 Å². The van der Waals surface area contributed by atoms with Crippen molar-refractivity contribution < 1.29 is 4.74 Å². The predicted molar refractivity (Wildman–Crippen MR) is 82.7 cm³/mol. The van der Waals surface area contributed by atoms with Crippen LogP contribution in [-0.4, -0.2) is 4.90 Å². The van der Waals surface area contributed by atoms with E-state index in [0.29, 0.717) is 0 Å². The highest BCUT2D eigenvalue weighted by Gasteiger charge is 2.28. The molecule has 1 aliphatic carbocycles. The van der Waals surface area contributed by atoms with E-state index in [2.05, 4.69) is 59.5 Å². The van der Waals surface area contributed by atoms with E-state index in [4.69, 9.17) is 4.74 Å². The van der Waals surface area contributed by atoms with Crippen molar-refractivity contribution in [1.82, 2.24) is 4.90 Å². The Morgan fingerprint density at radius 3 is 2.67 bits per heavy atom. The normalized spacial score (nSPS) is 17.5. The fourth-order valence-electron chi connectivity index (χ4n) is 3.40. The Bertz CT molecular complexity index is 950. The van der Waals surface area contributed by atoms with Gasteiger partial charge >= 0.3 is 0 Å². The minimum Gasteiger partial charge on any atom is -0.446 e. The van der Waals surface area contributed by atoms with Gasteiger partial charge in [-0.05, 0) is 34.1 Å². The Kier molecular flexibility index (Phi) is 2.03. The first-order valence-electron chi connectivity index (χ1n) is 7.17. The summed E-state index contributed by atoms with van der Waals surface area (Å²) in [5.41, 5.74) is 5.30. The Labute approximate surface area is 122 Å². The summed E-state index contributed by atoms with van der Waals surface area (Å²) in [5.74, 6) is 0.917. The van der Waals surface area contributed by atoms with Gasteiger partial charge in [-0.1, -0.05) is 42.5 Å². The zero-order valence-electron chi connectivity index (χ0n) is 11.4. The number of ether oxygens (including phenoxy) is 1. The molecule has 0 bridgehead atoms. The molecule has 0 atom stereocenters. The molecule has 0 saturated carbocycles. The van der Waals surface area contributed by atoms with Crippen molar-refractivity contribution in [2.45, 2.75) is 6.42 Å². The van der Waals surface area contributed by atoms with E-state index >= 15 is 0 Å². The first kappa shape index (κ1) is 11.0. The van der Waals surface area contributed by atoms with Crippen LogP contribution < -0.4 is 10.4 Å². The van der Waals surface area contributed by atoms with Crippen LogP contribution in [0, 0.1) is 0 Å². The van der Waals surface area contributed by atoms with Crippen LogP contribution >= 0.6 is 0 Å². The first-order valence-corrected chi connectivity index (χ1v) is 7.17. The highest BCUT2D eigenvalue weighted by Crippen LogP contribution is 2.35. The predicted octanol–water partition coefficient (Wildman–Crippen LogP) is 2.32. The molecule has 0 unspecified atom stereocenters. The van der Waals surface area contributed by atoms with Gasteiger partial charge in [-0.3, -0.25) is 4.90 Å². The van der Waals surface area contributed by atoms with Gasteiger partial charge in [-0.15, -0.1) is 0 Å². The van der Waals surface area contributed by atoms with E-state index < -0.39 is 0 Å². The van der Waals surface area contributed by atoms with Crippen LogP contribution in [0.4, 0.5) is 0 Å². The van der Waals surface area contributed by atoms with Crippen molar-refractivity contribution in [3.63, 3.8) is 0 Å². The van der Waals surface area contributed by atoms with Crippen molar-refractivity contribution in [3.8, 4) is 0 Å². The third kappa shape index (κ3) is 1.42. The van der Waals surface area contributed by atoms with Gasteiger partial charge in [0.05, 0.1) is 5.70 Å². The van der Waals surface area contributed by atoms with Gasteiger partial charge in [0.15, 0.2) is 0 Å². The summed E-state index contributed by atoms with van der Waals surface area (Å²) in [6, 6.07) is 17.1. The average molecular weight is 271 g/mol. The summed E-state index contributed by atoms with van der Waals surface area (Å²) in [6.45, 7) is 0. The lowest BCUT2D eigenvalue weighted by molar-refractivity contribution is 0.392. The van der Waals surface area contributed by atoms with E-state index in [0.717, 1.165) is 12.3 Å². The summed E-state index contributed by atoms with van der Waals surface area (Å²) in [4.78, 5) is 2.16. The second kappa shape index (κ2) is 3.89. The number of benzene rings is 2. The van der Waals surface area contributed by atoms with Crippen molar-refractivity contribution in [2.75, 3.05) is 0 Å². The van der Waals surface area contributed by atoms with Crippen LogP contribution in [0.25, 0.3) is 17.5 Å². The van der Waals surface area contributed by atoms with Gasteiger partial charge in [0, 0.05) is 17.8 Å². The van der Waals surface area contributed by atoms with E-state index in [1.165, 1.54) is 32.8 Å². The maximum absolute atomic E-state index is 5.73. The second-order valence-corrected chi connectivity index (χ2v) is 5.51. The molecule has 0 fully saturated rings. The van der Waals surface area contributed by atoms with Gasteiger partial charge < -0.3 is 4.74 Å². The van der Waals surface area contributed by atoms with Crippen LogP contribution in [0.1, 0.15) is 11.1 Å². The fourth-order valence-corrected chi connectivity index (χ4v) is 3.40. The summed E-state index contributed by atoms with van der Waals surface area (Å²) >= 11 is 0. The van der Waals surface area contributed by atoms with Crippen LogP contribution in [0.5, 0.6) is 0 Å². The first-order chi connectivity index (χ1) is 10.4. The molecule has 2 aromatic carbocycles. The van der Waals surface area contributed by atoms with Crippen molar-refractivity contribution in [2.24, 2.45) is 0 Å². The van der Waals surface area contributed by atoms with Crippen molar-refractivity contribution in [3.05, 3.63) is 88.3 Å². The van der Waals surface area contributed by atoms with Gasteiger partial charge in [0.1, 0.15) is 6.26 Å². The lowest BCUT2D eigenvalue weighted by atomic mass is 9.88. The fraction of sp³-hybridized carbons (Fsp3) is 0.0526. The van der Waals surface area contributed by atoms with Gasteiger partial charge in [0.25, 0.3) is 0 Å². The molecule has 0 N–H and O–H groups in total. The topological polar surface area (TPSA) is 12.5 Å². The Hall–Kier alpha value is -2.74. The van der Waals surface area contributed by atoms with Gasteiger partial charge in [-0.25, -0.2) is 0 Å². The molecule has 2 nitrogen and oxygen atoms in total. The quantitative estimate of drug-likeness (QED) is 0.729. The summed E-state index contributed by atoms with van der Waals surface area (Å²) in [5, 5.41) is 2.46. The highest BCUT2D eigenvalue weighted by molar-refractivity contribution is 5.84. The number of allylic oxidation sites excluding steroid dienone is 1. The smallest absolute Gasteiger partial charge is 0.211 e. The number of hydrogen-bond donors (Lipinski definition) is 0. The molecule has 2 heterocycles. The number of nitrogens with zero attached hydrogens (tertiary/aromatic N) is 1. The molecule has 2 heteroatoms. The molecule has 2 aromatic rings. The summed E-state index contributed by atoms with van der Waals surface area (Å²) in [7, 11) is 0. The van der Waals surface area contributed by atoms with E-state index in [9.17, 15) is 0 Å². The second-order valence-electron chi connectivity index (χ2n) is 5.51. The summed E-state index contributed by atoms with van der Waals surface area (Å²) in [6.07, 6.45) is 7.00. The third-order valence-corrected chi connectivity index (χ3v) is 4.37. The maximum Gasteiger partial charge on any atom is 0.211 e. The Balaban J connectivity index is 1.92. The molecule has 0 radical (unpaired) electrons. The standard InChI is InChI=1S/C19H13NO/c1-2-6-14-12-18-17(11-13(14)5-1)15-7-3-4-8-16(15)19-20(18)9-10-21-19/h1-10,12H,11H2. The van der Waals surface area contributed by atoms with Gasteiger partial charge in [0.2, 0.25) is 5.88 Å². The van der Waals surface area contributed by atoms with E-state index in [1.54, 1.807) is 6.26 Å². The van der Waals surface area contributed by atoms with Crippen LogP contribution in [0.15, 0.2) is 66.7 Å². The van der Waals surface area contributed by atoms with Crippen molar-refractivity contribution >= 4 is 17.5 Å². The Morgan fingerprint density at radius 2 is 1.71 bits per heavy atom. The molecule has 21 heavy (non-hydrogen) atoms. The van der Waals surface area contributed by atoms with E-state index in [1.807, 2.05) is 6.20 Å².